The number of hydrogen-bond donors (Lipinski definition) is 1. The fourth-order valence-electron chi connectivity index (χ4n) is 7.12. The Morgan fingerprint density at radius 1 is 0.900 bits per heavy atom. The van der Waals surface area contributed by atoms with Crippen LogP contribution < -0.4 is 4.74 Å². The van der Waals surface area contributed by atoms with Crippen molar-refractivity contribution in [3.05, 3.63) is 29.3 Å². The predicted octanol–water partition coefficient (Wildman–Crippen LogP) is 9.12. The van der Waals surface area contributed by atoms with Crippen LogP contribution >= 0.6 is 0 Å². The zero-order valence-electron chi connectivity index (χ0n) is 25.7. The summed E-state index contributed by atoms with van der Waals surface area (Å²) in [5, 5.41) is 10.5. The van der Waals surface area contributed by atoms with Gasteiger partial charge >= 0.3 is 5.97 Å². The number of carbonyl (C=O) groups is 1. The number of esters is 1. The zero-order chi connectivity index (χ0) is 29.3. The van der Waals surface area contributed by atoms with Crippen molar-refractivity contribution in [2.24, 2.45) is 23.7 Å². The van der Waals surface area contributed by atoms with Gasteiger partial charge in [0.2, 0.25) is 5.82 Å². The molecule has 4 nitrogen and oxygen atoms in total. The molecule has 6 heteroatoms. The van der Waals surface area contributed by atoms with Crippen molar-refractivity contribution in [1.82, 2.24) is 0 Å². The number of hydrogen-bond acceptors (Lipinski definition) is 4. The summed E-state index contributed by atoms with van der Waals surface area (Å²) >= 11 is 0. The molecular formula is C34H54F2O4. The number of ether oxygens (including phenoxy) is 2. The smallest absolute Gasteiger partial charge is 0.309 e. The van der Waals surface area contributed by atoms with Gasteiger partial charge in [-0.15, -0.1) is 0 Å². The van der Waals surface area contributed by atoms with Crippen molar-refractivity contribution >= 4 is 5.97 Å². The van der Waals surface area contributed by atoms with E-state index in [1.54, 1.807) is 19.1 Å². The van der Waals surface area contributed by atoms with Gasteiger partial charge in [0.05, 0.1) is 18.6 Å². The Morgan fingerprint density at radius 2 is 1.52 bits per heavy atom. The maximum Gasteiger partial charge on any atom is 0.309 e. The molecule has 2 aliphatic rings. The first-order valence-electron chi connectivity index (χ1n) is 16.1. The Labute approximate surface area is 241 Å². The summed E-state index contributed by atoms with van der Waals surface area (Å²) in [6, 6.07) is 3.27. The third-order valence-corrected chi connectivity index (χ3v) is 9.30. The quantitative estimate of drug-likeness (QED) is 0.192. The number of aliphatic hydroxyl groups excluding tert-OH is 1. The lowest BCUT2D eigenvalue weighted by molar-refractivity contribution is -0.163. The van der Waals surface area contributed by atoms with Crippen molar-refractivity contribution in [2.75, 3.05) is 6.61 Å². The van der Waals surface area contributed by atoms with E-state index in [0.29, 0.717) is 42.8 Å². The van der Waals surface area contributed by atoms with Gasteiger partial charge in [-0.1, -0.05) is 32.3 Å². The van der Waals surface area contributed by atoms with E-state index in [1.165, 1.54) is 0 Å². The van der Waals surface area contributed by atoms with Crippen LogP contribution in [0.15, 0.2) is 12.1 Å². The molecule has 228 valence electrons. The highest BCUT2D eigenvalue weighted by atomic mass is 19.2. The molecule has 0 aliphatic heterocycles. The van der Waals surface area contributed by atoms with Crippen LogP contribution in [-0.4, -0.2) is 29.4 Å². The molecule has 0 saturated heterocycles. The minimum Gasteiger partial charge on any atom is -0.491 e. The van der Waals surface area contributed by atoms with Crippen LogP contribution in [0.5, 0.6) is 5.75 Å². The van der Waals surface area contributed by atoms with Crippen molar-refractivity contribution in [1.29, 1.82) is 0 Å². The standard InChI is InChI=1S/C34H54F2O4/c1-6-8-9-10-27(37)19-20-29(33(38)40-34(3,4)5)26-17-13-24(14-18-26)23-11-15-25(16-12-23)28-21-22-30(39-7-2)32(36)31(28)35/h21-27,29,37H,6-20H2,1-5H3/t23-,24-,25-,26-,27?,29?. The summed E-state index contributed by atoms with van der Waals surface area (Å²) in [5.41, 5.74) is -0.0309. The first-order chi connectivity index (χ1) is 19.0. The van der Waals surface area contributed by atoms with Crippen LogP contribution in [0.2, 0.25) is 0 Å². The first-order valence-corrected chi connectivity index (χ1v) is 16.1. The number of benzene rings is 1. The van der Waals surface area contributed by atoms with Gasteiger partial charge in [0.1, 0.15) is 5.60 Å². The maximum atomic E-state index is 14.8. The molecule has 0 radical (unpaired) electrons. The second-order valence-corrected chi connectivity index (χ2v) is 13.4. The normalized spacial score (nSPS) is 25.3. The summed E-state index contributed by atoms with van der Waals surface area (Å²) < 4.78 is 40.3. The summed E-state index contributed by atoms with van der Waals surface area (Å²) in [6.45, 7) is 9.99. The Hall–Kier alpha value is -1.69. The van der Waals surface area contributed by atoms with Crippen LogP contribution in [0, 0.1) is 35.3 Å². The first kappa shape index (κ1) is 32.8. The Morgan fingerprint density at radius 3 is 2.10 bits per heavy atom. The average Bonchev–Trinajstić information content (AvgIpc) is 2.91. The summed E-state index contributed by atoms with van der Waals surface area (Å²) in [4.78, 5) is 13.2. The van der Waals surface area contributed by atoms with Crippen molar-refractivity contribution < 1.29 is 28.2 Å². The molecule has 0 spiro atoms. The highest BCUT2D eigenvalue weighted by Gasteiger charge is 2.38. The summed E-state index contributed by atoms with van der Waals surface area (Å²) in [7, 11) is 0. The monoisotopic (exact) mass is 564 g/mol. The Kier molecular flexibility index (Phi) is 12.7. The van der Waals surface area contributed by atoms with E-state index in [4.69, 9.17) is 9.47 Å². The molecule has 0 bridgehead atoms. The molecule has 1 N–H and O–H groups in total. The van der Waals surface area contributed by atoms with E-state index in [2.05, 4.69) is 6.92 Å². The van der Waals surface area contributed by atoms with E-state index in [1.807, 2.05) is 20.8 Å². The average molecular weight is 565 g/mol. The molecule has 0 aromatic heterocycles. The van der Waals surface area contributed by atoms with Crippen LogP contribution in [0.25, 0.3) is 0 Å². The molecule has 2 saturated carbocycles. The van der Waals surface area contributed by atoms with Gasteiger partial charge in [0.25, 0.3) is 0 Å². The van der Waals surface area contributed by atoms with Crippen LogP contribution in [-0.2, 0) is 9.53 Å². The van der Waals surface area contributed by atoms with E-state index in [-0.39, 0.29) is 29.7 Å². The third-order valence-electron chi connectivity index (χ3n) is 9.30. The molecule has 0 heterocycles. The van der Waals surface area contributed by atoms with Crippen LogP contribution in [0.4, 0.5) is 8.78 Å². The van der Waals surface area contributed by atoms with Crippen LogP contribution in [0.1, 0.15) is 136 Å². The lowest BCUT2D eigenvalue weighted by atomic mass is 9.66. The zero-order valence-corrected chi connectivity index (χ0v) is 25.7. The van der Waals surface area contributed by atoms with E-state index in [0.717, 1.165) is 77.0 Å². The molecule has 3 rings (SSSR count). The Bertz CT molecular complexity index is 911. The lowest BCUT2D eigenvalue weighted by Gasteiger charge is -2.40. The van der Waals surface area contributed by atoms with Gasteiger partial charge in [-0.2, -0.15) is 4.39 Å². The largest absolute Gasteiger partial charge is 0.491 e. The van der Waals surface area contributed by atoms with E-state index >= 15 is 0 Å². The van der Waals surface area contributed by atoms with Gasteiger partial charge in [0.15, 0.2) is 11.6 Å². The number of halogens is 2. The summed E-state index contributed by atoms with van der Waals surface area (Å²) in [5.74, 6) is -0.317. The van der Waals surface area contributed by atoms with E-state index in [9.17, 15) is 18.7 Å². The minimum absolute atomic E-state index is 0.00937. The molecule has 2 unspecified atom stereocenters. The number of carbonyl (C=O) groups excluding carboxylic acids is 1. The van der Waals surface area contributed by atoms with Gasteiger partial charge in [-0.3, -0.25) is 4.79 Å². The van der Waals surface area contributed by atoms with Crippen molar-refractivity contribution in [3.63, 3.8) is 0 Å². The van der Waals surface area contributed by atoms with E-state index < -0.39 is 17.2 Å². The highest BCUT2D eigenvalue weighted by molar-refractivity contribution is 5.73. The number of unbranched alkanes of at least 4 members (excludes halogenated alkanes) is 2. The molecule has 40 heavy (non-hydrogen) atoms. The molecule has 0 amide bonds. The lowest BCUT2D eigenvalue weighted by Crippen LogP contribution is -2.35. The number of rotatable bonds is 13. The molecule has 1 aromatic rings. The molecule has 1 aromatic carbocycles. The highest BCUT2D eigenvalue weighted by Crippen LogP contribution is 2.46. The Balaban J connectivity index is 1.53. The third kappa shape index (κ3) is 9.42. The molecule has 2 fully saturated rings. The number of aliphatic hydroxyl groups is 1. The fraction of sp³-hybridized carbons (Fsp3) is 0.794. The maximum absolute atomic E-state index is 14.8. The van der Waals surface area contributed by atoms with Gasteiger partial charge in [0, 0.05) is 0 Å². The second kappa shape index (κ2) is 15.5. The summed E-state index contributed by atoms with van der Waals surface area (Å²) in [6.07, 6.45) is 13.1. The molecule has 2 atom stereocenters. The van der Waals surface area contributed by atoms with Crippen LogP contribution in [0.3, 0.4) is 0 Å². The predicted molar refractivity (Wildman–Crippen MR) is 156 cm³/mol. The minimum atomic E-state index is -0.868. The van der Waals surface area contributed by atoms with Crippen molar-refractivity contribution in [3.8, 4) is 5.75 Å². The second-order valence-electron chi connectivity index (χ2n) is 13.4. The van der Waals surface area contributed by atoms with Gasteiger partial charge < -0.3 is 14.6 Å². The SMILES string of the molecule is CCCCCC(O)CCC(C(=O)OC(C)(C)C)[C@H]1CC[C@H]([C@H]2CC[C@H](c3ccc(OCC)c(F)c3F)CC2)CC1. The van der Waals surface area contributed by atoms with Gasteiger partial charge in [-0.25, -0.2) is 4.39 Å². The van der Waals surface area contributed by atoms with Crippen molar-refractivity contribution in [2.45, 2.75) is 142 Å². The molecule has 2 aliphatic carbocycles. The topological polar surface area (TPSA) is 55.8 Å². The molecular weight excluding hydrogens is 510 g/mol. The van der Waals surface area contributed by atoms with Gasteiger partial charge in [-0.05, 0) is 134 Å². The fourth-order valence-corrected chi connectivity index (χ4v) is 7.12.